The number of nitrogens with two attached hydrogens (primary N) is 1. The number of carbonyl (C=O) groups is 2. The van der Waals surface area contributed by atoms with Gasteiger partial charge in [0.1, 0.15) is 5.54 Å². The van der Waals surface area contributed by atoms with Gasteiger partial charge >= 0.3 is 6.03 Å². The maximum atomic E-state index is 12.6. The van der Waals surface area contributed by atoms with Crippen molar-refractivity contribution < 1.29 is 9.59 Å². The molecule has 0 aromatic carbocycles. The lowest BCUT2D eigenvalue weighted by molar-refractivity contribution is -0.133. The van der Waals surface area contributed by atoms with Crippen molar-refractivity contribution in [3.63, 3.8) is 0 Å². The number of likely N-dealkylation sites (tertiary alicyclic amines) is 1. The van der Waals surface area contributed by atoms with E-state index in [1.165, 1.54) is 24.2 Å². The molecule has 0 radical (unpaired) electrons. The Labute approximate surface area is 133 Å². The van der Waals surface area contributed by atoms with Crippen LogP contribution in [0.2, 0.25) is 0 Å². The summed E-state index contributed by atoms with van der Waals surface area (Å²) in [5, 5.41) is 2.96. The molecule has 3 N–H and O–H groups in total. The van der Waals surface area contributed by atoms with E-state index in [4.69, 9.17) is 5.73 Å². The number of rotatable bonds is 8. The van der Waals surface area contributed by atoms with Gasteiger partial charge in [-0.3, -0.25) is 9.69 Å². The first kappa shape index (κ1) is 17.2. The Balaban J connectivity index is 1.85. The zero-order chi connectivity index (χ0) is 16.0. The van der Waals surface area contributed by atoms with E-state index in [0.717, 1.165) is 45.3 Å². The van der Waals surface area contributed by atoms with Gasteiger partial charge in [0.05, 0.1) is 0 Å². The SMILES string of the molecule is CCCCCN1CCC2(CC1)NC(=O)N(CCCCN)C2=O. The van der Waals surface area contributed by atoms with Crippen LogP contribution in [0.5, 0.6) is 0 Å². The van der Waals surface area contributed by atoms with Crippen molar-refractivity contribution in [3.8, 4) is 0 Å². The van der Waals surface area contributed by atoms with E-state index >= 15 is 0 Å². The van der Waals surface area contributed by atoms with Gasteiger partial charge in [-0.05, 0) is 45.2 Å². The summed E-state index contributed by atoms with van der Waals surface area (Å²) in [5.41, 5.74) is 4.84. The highest BCUT2D eigenvalue weighted by molar-refractivity contribution is 6.07. The molecule has 0 aromatic heterocycles. The zero-order valence-corrected chi connectivity index (χ0v) is 13.8. The summed E-state index contributed by atoms with van der Waals surface area (Å²) in [5.74, 6) is -0.0253. The molecule has 2 aliphatic heterocycles. The van der Waals surface area contributed by atoms with E-state index in [-0.39, 0.29) is 11.9 Å². The summed E-state index contributed by atoms with van der Waals surface area (Å²) in [4.78, 5) is 28.5. The Morgan fingerprint density at radius 1 is 1.09 bits per heavy atom. The molecule has 2 saturated heterocycles. The highest BCUT2D eigenvalue weighted by Gasteiger charge is 2.51. The molecular formula is C16H30N4O2. The first-order valence-electron chi connectivity index (χ1n) is 8.69. The largest absolute Gasteiger partial charge is 0.330 e. The van der Waals surface area contributed by atoms with E-state index in [9.17, 15) is 9.59 Å². The molecule has 0 saturated carbocycles. The molecule has 0 atom stereocenters. The molecule has 0 aromatic rings. The summed E-state index contributed by atoms with van der Waals surface area (Å²) in [7, 11) is 0. The van der Waals surface area contributed by atoms with Gasteiger partial charge in [0, 0.05) is 19.6 Å². The van der Waals surface area contributed by atoms with E-state index in [1.807, 2.05) is 0 Å². The van der Waals surface area contributed by atoms with Crippen LogP contribution in [0.15, 0.2) is 0 Å². The van der Waals surface area contributed by atoms with Crippen LogP contribution >= 0.6 is 0 Å². The molecule has 0 unspecified atom stereocenters. The molecule has 2 rings (SSSR count). The van der Waals surface area contributed by atoms with E-state index in [2.05, 4.69) is 17.1 Å². The summed E-state index contributed by atoms with van der Waals surface area (Å²) < 4.78 is 0. The van der Waals surface area contributed by atoms with Crippen LogP contribution < -0.4 is 11.1 Å². The lowest BCUT2D eigenvalue weighted by Crippen LogP contribution is -2.55. The van der Waals surface area contributed by atoms with Crippen LogP contribution in [-0.4, -0.2) is 60.0 Å². The molecule has 0 aliphatic carbocycles. The number of nitrogens with one attached hydrogen (secondary N) is 1. The fourth-order valence-corrected chi connectivity index (χ4v) is 3.38. The van der Waals surface area contributed by atoms with Gasteiger partial charge in [-0.25, -0.2) is 4.79 Å². The summed E-state index contributed by atoms with van der Waals surface area (Å²) in [6.45, 7) is 6.19. The average molecular weight is 310 g/mol. The number of carbonyl (C=O) groups excluding carboxylic acids is 2. The van der Waals surface area contributed by atoms with Crippen LogP contribution in [0.25, 0.3) is 0 Å². The number of amides is 3. The molecule has 6 heteroatoms. The summed E-state index contributed by atoms with van der Waals surface area (Å²) in [6.07, 6.45) is 6.80. The van der Waals surface area contributed by atoms with Crippen molar-refractivity contribution in [3.05, 3.63) is 0 Å². The predicted octanol–water partition coefficient (Wildman–Crippen LogP) is 1.30. The minimum absolute atomic E-state index is 0.0253. The fraction of sp³-hybridized carbons (Fsp3) is 0.875. The smallest absolute Gasteiger partial charge is 0.325 e. The monoisotopic (exact) mass is 310 g/mol. The molecule has 2 heterocycles. The van der Waals surface area contributed by atoms with Gasteiger partial charge in [-0.1, -0.05) is 19.8 Å². The minimum atomic E-state index is -0.638. The molecule has 0 bridgehead atoms. The highest BCUT2D eigenvalue weighted by atomic mass is 16.2. The van der Waals surface area contributed by atoms with E-state index in [1.54, 1.807) is 0 Å². The highest BCUT2D eigenvalue weighted by Crippen LogP contribution is 2.29. The Kier molecular flexibility index (Phi) is 6.20. The Morgan fingerprint density at radius 3 is 2.41 bits per heavy atom. The minimum Gasteiger partial charge on any atom is -0.330 e. The fourth-order valence-electron chi connectivity index (χ4n) is 3.38. The third-order valence-electron chi connectivity index (χ3n) is 4.87. The second kappa shape index (κ2) is 7.92. The molecule has 2 fully saturated rings. The zero-order valence-electron chi connectivity index (χ0n) is 13.8. The number of urea groups is 1. The summed E-state index contributed by atoms with van der Waals surface area (Å²) in [6, 6.07) is -0.221. The molecule has 22 heavy (non-hydrogen) atoms. The van der Waals surface area contributed by atoms with Gasteiger partial charge in [-0.15, -0.1) is 0 Å². The van der Waals surface area contributed by atoms with Gasteiger partial charge < -0.3 is 16.0 Å². The van der Waals surface area contributed by atoms with Crippen LogP contribution in [0.1, 0.15) is 51.9 Å². The van der Waals surface area contributed by atoms with Crippen molar-refractivity contribution in [1.82, 2.24) is 15.1 Å². The third kappa shape index (κ3) is 3.79. The standard InChI is InChI=1S/C16H30N4O2/c1-2-3-5-10-19-12-7-16(8-13-19)14(21)20(15(22)18-16)11-6-4-9-17/h2-13,17H2,1H3,(H,18,22). The first-order valence-corrected chi connectivity index (χ1v) is 8.69. The van der Waals surface area contributed by atoms with Crippen LogP contribution in [-0.2, 0) is 4.79 Å². The lowest BCUT2D eigenvalue weighted by Gasteiger charge is -2.37. The number of hydrogen-bond acceptors (Lipinski definition) is 4. The van der Waals surface area contributed by atoms with Crippen LogP contribution in [0, 0.1) is 0 Å². The van der Waals surface area contributed by atoms with Crippen molar-refractivity contribution >= 4 is 11.9 Å². The normalized spacial score (nSPS) is 21.6. The first-order chi connectivity index (χ1) is 10.6. The molecule has 2 aliphatic rings. The quantitative estimate of drug-likeness (QED) is 0.523. The maximum Gasteiger partial charge on any atom is 0.325 e. The lowest BCUT2D eigenvalue weighted by atomic mass is 9.87. The van der Waals surface area contributed by atoms with Crippen LogP contribution in [0.4, 0.5) is 4.79 Å². The molecule has 126 valence electrons. The molecular weight excluding hydrogens is 280 g/mol. The second-order valence-corrected chi connectivity index (χ2v) is 6.51. The Bertz CT molecular complexity index is 392. The van der Waals surface area contributed by atoms with E-state index in [0.29, 0.717) is 13.1 Å². The summed E-state index contributed by atoms with van der Waals surface area (Å²) >= 11 is 0. The van der Waals surface area contributed by atoms with Crippen molar-refractivity contribution in [2.45, 2.75) is 57.4 Å². The van der Waals surface area contributed by atoms with Gasteiger partial charge in [0.15, 0.2) is 0 Å². The molecule has 3 amide bonds. The topological polar surface area (TPSA) is 78.7 Å². The van der Waals surface area contributed by atoms with Crippen molar-refractivity contribution in [1.29, 1.82) is 0 Å². The van der Waals surface area contributed by atoms with Crippen molar-refractivity contribution in [2.24, 2.45) is 5.73 Å². The van der Waals surface area contributed by atoms with Crippen molar-refractivity contribution in [2.75, 3.05) is 32.7 Å². The maximum absolute atomic E-state index is 12.6. The number of nitrogens with zero attached hydrogens (tertiary/aromatic N) is 2. The van der Waals surface area contributed by atoms with Crippen LogP contribution in [0.3, 0.4) is 0 Å². The Morgan fingerprint density at radius 2 is 1.77 bits per heavy atom. The van der Waals surface area contributed by atoms with E-state index < -0.39 is 5.54 Å². The molecule has 1 spiro atoms. The average Bonchev–Trinajstić information content (AvgIpc) is 2.74. The number of imide groups is 1. The van der Waals surface area contributed by atoms with Gasteiger partial charge in [-0.2, -0.15) is 0 Å². The number of piperidine rings is 1. The third-order valence-corrected chi connectivity index (χ3v) is 4.87. The van der Waals surface area contributed by atoms with Gasteiger partial charge in [0.25, 0.3) is 5.91 Å². The van der Waals surface area contributed by atoms with Gasteiger partial charge in [0.2, 0.25) is 0 Å². The molecule has 6 nitrogen and oxygen atoms in total. The number of unbranched alkanes of at least 4 members (excludes halogenated alkanes) is 3. The Hall–Kier alpha value is -1.14. The predicted molar refractivity (Wildman–Crippen MR) is 86.5 cm³/mol. The second-order valence-electron chi connectivity index (χ2n) is 6.51. The number of hydrogen-bond donors (Lipinski definition) is 2.